The van der Waals surface area contributed by atoms with Crippen molar-refractivity contribution in [3.8, 4) is 0 Å². The van der Waals surface area contributed by atoms with Crippen molar-refractivity contribution in [3.63, 3.8) is 0 Å². The summed E-state index contributed by atoms with van der Waals surface area (Å²) in [6.45, 7) is 8.45. The normalized spacial score (nSPS) is 19.6. The molecule has 0 spiro atoms. The second-order valence-electron chi connectivity index (χ2n) is 5.65. The van der Waals surface area contributed by atoms with Crippen LogP contribution >= 0.6 is 0 Å². The number of para-hydroxylation sites is 1. The summed E-state index contributed by atoms with van der Waals surface area (Å²) in [7, 11) is 1.75. The Hall–Kier alpha value is -1.06. The van der Waals surface area contributed by atoms with E-state index in [9.17, 15) is 0 Å². The highest BCUT2D eigenvalue weighted by atomic mass is 16.5. The highest BCUT2D eigenvalue weighted by molar-refractivity contribution is 5.54. The Morgan fingerprint density at radius 2 is 2.11 bits per heavy atom. The molecule has 1 N–H and O–H groups in total. The van der Waals surface area contributed by atoms with Gasteiger partial charge in [-0.2, -0.15) is 0 Å². The summed E-state index contributed by atoms with van der Waals surface area (Å²) in [6.07, 6.45) is 1.19. The highest BCUT2D eigenvalue weighted by Crippen LogP contribution is 2.24. The summed E-state index contributed by atoms with van der Waals surface area (Å²) in [5.74, 6) is 0. The zero-order valence-corrected chi connectivity index (χ0v) is 11.7. The van der Waals surface area contributed by atoms with Crippen LogP contribution in [-0.2, 0) is 11.3 Å². The summed E-state index contributed by atoms with van der Waals surface area (Å²) in [5.41, 5.74) is 2.75. The zero-order valence-electron chi connectivity index (χ0n) is 11.7. The van der Waals surface area contributed by atoms with Crippen molar-refractivity contribution in [2.24, 2.45) is 0 Å². The molecule has 100 valence electrons. The molecule has 1 saturated heterocycles. The molecule has 1 heterocycles. The second kappa shape index (κ2) is 5.72. The van der Waals surface area contributed by atoms with E-state index >= 15 is 0 Å². The van der Waals surface area contributed by atoms with Gasteiger partial charge in [-0.1, -0.05) is 18.2 Å². The summed E-state index contributed by atoms with van der Waals surface area (Å²) in [6, 6.07) is 8.55. The average Bonchev–Trinajstić information content (AvgIpc) is 2.51. The van der Waals surface area contributed by atoms with E-state index in [1.165, 1.54) is 17.7 Å². The number of anilines is 1. The summed E-state index contributed by atoms with van der Waals surface area (Å²) >= 11 is 0. The average molecular weight is 248 g/mol. The Balaban J connectivity index is 2.23. The molecule has 1 fully saturated rings. The Kier molecular flexibility index (Phi) is 4.25. The predicted molar refractivity (Wildman–Crippen MR) is 76.1 cm³/mol. The number of methoxy groups -OCH3 is 1. The molecule has 1 aliphatic heterocycles. The lowest BCUT2D eigenvalue weighted by Gasteiger charge is -2.32. The molecule has 3 heteroatoms. The Labute approximate surface area is 110 Å². The molecule has 0 atom stereocenters. The van der Waals surface area contributed by atoms with Crippen LogP contribution in [0.5, 0.6) is 0 Å². The fourth-order valence-electron chi connectivity index (χ4n) is 2.61. The number of rotatable bonds is 3. The van der Waals surface area contributed by atoms with Gasteiger partial charge in [0, 0.05) is 37.0 Å². The standard InChI is InChI=1S/C15H24N2O/c1-15(2)12-17(10-6-9-16-15)14-8-5-4-7-13(14)11-18-3/h4-5,7-8,16H,6,9-12H2,1-3H3. The third-order valence-electron chi connectivity index (χ3n) is 3.43. The van der Waals surface area contributed by atoms with Gasteiger partial charge in [-0.15, -0.1) is 0 Å². The van der Waals surface area contributed by atoms with Gasteiger partial charge in [0.2, 0.25) is 0 Å². The van der Waals surface area contributed by atoms with E-state index in [1.807, 2.05) is 0 Å². The molecule has 3 nitrogen and oxygen atoms in total. The first-order valence-electron chi connectivity index (χ1n) is 6.69. The van der Waals surface area contributed by atoms with E-state index < -0.39 is 0 Å². The molecule has 0 saturated carbocycles. The van der Waals surface area contributed by atoms with Gasteiger partial charge in [-0.25, -0.2) is 0 Å². The van der Waals surface area contributed by atoms with Crippen molar-refractivity contribution >= 4 is 5.69 Å². The Morgan fingerprint density at radius 3 is 2.89 bits per heavy atom. The van der Waals surface area contributed by atoms with E-state index in [4.69, 9.17) is 4.74 Å². The fourth-order valence-corrected chi connectivity index (χ4v) is 2.61. The summed E-state index contributed by atoms with van der Waals surface area (Å²) in [5, 5.41) is 3.60. The van der Waals surface area contributed by atoms with Crippen LogP contribution < -0.4 is 10.2 Å². The van der Waals surface area contributed by atoms with Crippen molar-refractivity contribution in [3.05, 3.63) is 29.8 Å². The maximum Gasteiger partial charge on any atom is 0.0733 e. The van der Waals surface area contributed by atoms with Crippen molar-refractivity contribution in [2.75, 3.05) is 31.6 Å². The summed E-state index contributed by atoms with van der Waals surface area (Å²) < 4.78 is 5.30. The minimum Gasteiger partial charge on any atom is -0.380 e. The first-order valence-corrected chi connectivity index (χ1v) is 6.69. The number of hydrogen-bond acceptors (Lipinski definition) is 3. The predicted octanol–water partition coefficient (Wildman–Crippen LogP) is 2.41. The van der Waals surface area contributed by atoms with Gasteiger partial charge in [0.15, 0.2) is 0 Å². The van der Waals surface area contributed by atoms with Crippen LogP contribution in [0.2, 0.25) is 0 Å². The number of ether oxygens (including phenoxy) is 1. The van der Waals surface area contributed by atoms with Crippen LogP contribution in [0.25, 0.3) is 0 Å². The number of nitrogens with zero attached hydrogens (tertiary/aromatic N) is 1. The number of benzene rings is 1. The topological polar surface area (TPSA) is 24.5 Å². The second-order valence-corrected chi connectivity index (χ2v) is 5.65. The fraction of sp³-hybridized carbons (Fsp3) is 0.600. The lowest BCUT2D eigenvalue weighted by molar-refractivity contribution is 0.185. The van der Waals surface area contributed by atoms with Crippen molar-refractivity contribution in [2.45, 2.75) is 32.4 Å². The molecule has 0 aromatic heterocycles. The maximum absolute atomic E-state index is 5.30. The Bertz CT molecular complexity index is 390. The molecular weight excluding hydrogens is 224 g/mol. The van der Waals surface area contributed by atoms with Crippen LogP contribution in [0.4, 0.5) is 5.69 Å². The van der Waals surface area contributed by atoms with Gasteiger partial charge in [0.25, 0.3) is 0 Å². The number of hydrogen-bond donors (Lipinski definition) is 1. The SMILES string of the molecule is COCc1ccccc1N1CCCNC(C)(C)C1. The molecule has 0 aliphatic carbocycles. The zero-order chi connectivity index (χ0) is 13.0. The molecule has 0 bridgehead atoms. The molecule has 1 aliphatic rings. The smallest absolute Gasteiger partial charge is 0.0733 e. The van der Waals surface area contributed by atoms with Crippen molar-refractivity contribution < 1.29 is 4.74 Å². The Morgan fingerprint density at radius 1 is 1.33 bits per heavy atom. The lowest BCUT2D eigenvalue weighted by Crippen LogP contribution is -2.46. The highest BCUT2D eigenvalue weighted by Gasteiger charge is 2.25. The van der Waals surface area contributed by atoms with Gasteiger partial charge in [-0.05, 0) is 32.9 Å². The quantitative estimate of drug-likeness (QED) is 0.889. The lowest BCUT2D eigenvalue weighted by atomic mass is 10.0. The third kappa shape index (κ3) is 3.24. The van der Waals surface area contributed by atoms with E-state index in [-0.39, 0.29) is 5.54 Å². The molecule has 18 heavy (non-hydrogen) atoms. The molecule has 1 aromatic rings. The molecule has 2 rings (SSSR count). The minimum atomic E-state index is 0.163. The first-order chi connectivity index (χ1) is 8.62. The van der Waals surface area contributed by atoms with Gasteiger partial charge < -0.3 is 15.0 Å². The number of nitrogens with one attached hydrogen (secondary N) is 1. The first kappa shape index (κ1) is 13.4. The van der Waals surface area contributed by atoms with Crippen LogP contribution in [0.15, 0.2) is 24.3 Å². The van der Waals surface area contributed by atoms with Crippen LogP contribution in [0.1, 0.15) is 25.8 Å². The van der Waals surface area contributed by atoms with Gasteiger partial charge in [-0.3, -0.25) is 0 Å². The molecule has 1 aromatic carbocycles. The molecule has 0 radical (unpaired) electrons. The molecule has 0 amide bonds. The molecule has 0 unspecified atom stereocenters. The monoisotopic (exact) mass is 248 g/mol. The minimum absolute atomic E-state index is 0.163. The van der Waals surface area contributed by atoms with Crippen molar-refractivity contribution in [1.29, 1.82) is 0 Å². The van der Waals surface area contributed by atoms with E-state index in [0.29, 0.717) is 6.61 Å². The van der Waals surface area contributed by atoms with Crippen LogP contribution in [-0.4, -0.2) is 32.3 Å². The molecular formula is C15H24N2O. The van der Waals surface area contributed by atoms with Gasteiger partial charge >= 0.3 is 0 Å². The van der Waals surface area contributed by atoms with Crippen molar-refractivity contribution in [1.82, 2.24) is 5.32 Å². The summed E-state index contributed by atoms with van der Waals surface area (Å²) in [4.78, 5) is 2.48. The maximum atomic E-state index is 5.30. The van der Waals surface area contributed by atoms with Crippen LogP contribution in [0, 0.1) is 0 Å². The van der Waals surface area contributed by atoms with E-state index in [1.54, 1.807) is 7.11 Å². The van der Waals surface area contributed by atoms with Crippen LogP contribution in [0.3, 0.4) is 0 Å². The largest absolute Gasteiger partial charge is 0.380 e. The van der Waals surface area contributed by atoms with Gasteiger partial charge in [0.05, 0.1) is 6.61 Å². The van der Waals surface area contributed by atoms with E-state index in [0.717, 1.165) is 19.6 Å². The third-order valence-corrected chi connectivity index (χ3v) is 3.43. The van der Waals surface area contributed by atoms with E-state index in [2.05, 4.69) is 48.3 Å². The van der Waals surface area contributed by atoms with Gasteiger partial charge in [0.1, 0.15) is 0 Å².